The third kappa shape index (κ3) is 1.93. The van der Waals surface area contributed by atoms with Gasteiger partial charge in [0.25, 0.3) is 0 Å². The highest BCUT2D eigenvalue weighted by molar-refractivity contribution is 5.89. The Morgan fingerprint density at radius 3 is 2.85 bits per heavy atom. The third-order valence-corrected chi connectivity index (χ3v) is 3.02. The number of nitrogens with zero attached hydrogens (tertiary/aromatic N) is 4. The van der Waals surface area contributed by atoms with E-state index >= 15 is 0 Å². The van der Waals surface area contributed by atoms with Gasteiger partial charge in [-0.15, -0.1) is 0 Å². The highest BCUT2D eigenvalue weighted by atomic mass is 19.1. The number of halogens is 1. The number of nitrogens with two attached hydrogens (primary N) is 1. The predicted molar refractivity (Wildman–Crippen MR) is 75.2 cm³/mol. The lowest BCUT2D eigenvalue weighted by Gasteiger charge is -2.23. The Kier molecular flexibility index (Phi) is 2.94. The van der Waals surface area contributed by atoms with E-state index < -0.39 is 0 Å². The molecular formula is C13H13FN6. The molecule has 0 fully saturated rings. The molecule has 3 N–H and O–H groups in total. The quantitative estimate of drug-likeness (QED) is 0.763. The van der Waals surface area contributed by atoms with Gasteiger partial charge >= 0.3 is 0 Å². The number of nitrogens with one attached hydrogen (secondary N) is 1. The number of H-pyrrole nitrogens is 1. The SMILES string of the molecule is CCN(c1ccccc1F)c1nc(N)nc2[nH]ncc12. The van der Waals surface area contributed by atoms with Gasteiger partial charge in [0.05, 0.1) is 17.3 Å². The molecule has 2 heterocycles. The van der Waals surface area contributed by atoms with E-state index in [0.717, 1.165) is 0 Å². The zero-order chi connectivity index (χ0) is 14.1. The molecule has 2 aromatic heterocycles. The van der Waals surface area contributed by atoms with Crippen LogP contribution < -0.4 is 10.6 Å². The highest BCUT2D eigenvalue weighted by Gasteiger charge is 2.18. The minimum atomic E-state index is -0.317. The van der Waals surface area contributed by atoms with E-state index in [1.807, 2.05) is 6.92 Å². The average Bonchev–Trinajstić information content (AvgIpc) is 2.89. The van der Waals surface area contributed by atoms with E-state index in [4.69, 9.17) is 5.73 Å². The minimum absolute atomic E-state index is 0.117. The van der Waals surface area contributed by atoms with Crippen LogP contribution in [0.1, 0.15) is 6.92 Å². The molecule has 0 aliphatic heterocycles. The van der Waals surface area contributed by atoms with E-state index in [2.05, 4.69) is 20.2 Å². The summed E-state index contributed by atoms with van der Waals surface area (Å²) in [5, 5.41) is 7.38. The Bertz CT molecular complexity index is 753. The summed E-state index contributed by atoms with van der Waals surface area (Å²) >= 11 is 0. The fourth-order valence-corrected chi connectivity index (χ4v) is 2.15. The van der Waals surface area contributed by atoms with E-state index in [-0.39, 0.29) is 11.8 Å². The van der Waals surface area contributed by atoms with Gasteiger partial charge in [0, 0.05) is 6.54 Å². The molecule has 0 aliphatic carbocycles. The lowest BCUT2D eigenvalue weighted by Crippen LogP contribution is -2.19. The number of para-hydroxylation sites is 1. The van der Waals surface area contributed by atoms with Crippen molar-refractivity contribution < 1.29 is 4.39 Å². The van der Waals surface area contributed by atoms with Gasteiger partial charge < -0.3 is 10.6 Å². The number of nitrogen functional groups attached to an aromatic ring is 1. The molecule has 0 unspecified atom stereocenters. The molecule has 102 valence electrons. The summed E-state index contributed by atoms with van der Waals surface area (Å²) in [5.41, 5.74) is 6.67. The topological polar surface area (TPSA) is 83.7 Å². The number of hydrogen-bond acceptors (Lipinski definition) is 5. The number of benzene rings is 1. The molecule has 0 saturated carbocycles. The van der Waals surface area contributed by atoms with Crippen LogP contribution in [0.4, 0.5) is 21.8 Å². The van der Waals surface area contributed by atoms with Crippen LogP contribution in [0.3, 0.4) is 0 Å². The summed E-state index contributed by atoms with van der Waals surface area (Å²) in [5.74, 6) is 0.337. The Labute approximate surface area is 114 Å². The van der Waals surface area contributed by atoms with Crippen molar-refractivity contribution in [2.75, 3.05) is 17.2 Å². The molecule has 20 heavy (non-hydrogen) atoms. The Hall–Kier alpha value is -2.70. The molecule has 3 rings (SSSR count). The molecule has 1 aromatic carbocycles. The second kappa shape index (κ2) is 4.76. The first-order chi connectivity index (χ1) is 9.70. The largest absolute Gasteiger partial charge is 0.368 e. The first-order valence-electron chi connectivity index (χ1n) is 6.19. The summed E-state index contributed by atoms with van der Waals surface area (Å²) in [6.45, 7) is 2.45. The summed E-state index contributed by atoms with van der Waals surface area (Å²) in [4.78, 5) is 10.0. The van der Waals surface area contributed by atoms with Crippen LogP contribution in [0.2, 0.25) is 0 Å². The van der Waals surface area contributed by atoms with Gasteiger partial charge in [0.1, 0.15) is 11.6 Å². The molecule has 7 heteroatoms. The van der Waals surface area contributed by atoms with Gasteiger partial charge in [-0.05, 0) is 19.1 Å². The lowest BCUT2D eigenvalue weighted by atomic mass is 10.2. The molecule has 0 saturated heterocycles. The molecule has 0 radical (unpaired) electrons. The maximum atomic E-state index is 14.0. The average molecular weight is 272 g/mol. The van der Waals surface area contributed by atoms with Crippen LogP contribution in [-0.4, -0.2) is 26.7 Å². The van der Waals surface area contributed by atoms with Crippen LogP contribution in [0.25, 0.3) is 11.0 Å². The molecule has 0 amide bonds. The van der Waals surface area contributed by atoms with Crippen LogP contribution >= 0.6 is 0 Å². The van der Waals surface area contributed by atoms with Crippen molar-refractivity contribution in [3.63, 3.8) is 0 Å². The molecule has 6 nitrogen and oxygen atoms in total. The maximum Gasteiger partial charge on any atom is 0.224 e. The van der Waals surface area contributed by atoms with Crippen molar-refractivity contribution in [1.29, 1.82) is 0 Å². The molecule has 0 atom stereocenters. The number of aromatic amines is 1. The monoisotopic (exact) mass is 272 g/mol. The van der Waals surface area contributed by atoms with Crippen molar-refractivity contribution in [3.8, 4) is 0 Å². The molecule has 0 spiro atoms. The van der Waals surface area contributed by atoms with Crippen molar-refractivity contribution in [2.45, 2.75) is 6.92 Å². The number of hydrogen-bond donors (Lipinski definition) is 2. The highest BCUT2D eigenvalue weighted by Crippen LogP contribution is 2.30. The van der Waals surface area contributed by atoms with E-state index in [1.165, 1.54) is 6.07 Å². The zero-order valence-corrected chi connectivity index (χ0v) is 10.8. The van der Waals surface area contributed by atoms with Crippen LogP contribution in [0.5, 0.6) is 0 Å². The second-order valence-corrected chi connectivity index (χ2v) is 4.23. The predicted octanol–water partition coefficient (Wildman–Crippen LogP) is 2.23. The molecule has 0 aliphatic rings. The maximum absolute atomic E-state index is 14.0. The first-order valence-corrected chi connectivity index (χ1v) is 6.19. The van der Waals surface area contributed by atoms with Crippen LogP contribution in [0, 0.1) is 5.82 Å². The second-order valence-electron chi connectivity index (χ2n) is 4.23. The summed E-state index contributed by atoms with van der Waals surface area (Å²) in [7, 11) is 0. The summed E-state index contributed by atoms with van der Waals surface area (Å²) < 4.78 is 14.0. The van der Waals surface area contributed by atoms with Crippen LogP contribution in [0.15, 0.2) is 30.5 Å². The smallest absolute Gasteiger partial charge is 0.224 e. The zero-order valence-electron chi connectivity index (χ0n) is 10.8. The fraction of sp³-hybridized carbons (Fsp3) is 0.154. The van der Waals surface area contributed by atoms with Crippen molar-refractivity contribution in [3.05, 3.63) is 36.3 Å². The minimum Gasteiger partial charge on any atom is -0.368 e. The molecule has 0 bridgehead atoms. The molecule has 3 aromatic rings. The Morgan fingerprint density at radius 2 is 2.10 bits per heavy atom. The molecular weight excluding hydrogens is 259 g/mol. The van der Waals surface area contributed by atoms with E-state index in [1.54, 1.807) is 29.3 Å². The number of aromatic nitrogens is 4. The summed E-state index contributed by atoms with van der Waals surface area (Å²) in [6.07, 6.45) is 1.60. The third-order valence-electron chi connectivity index (χ3n) is 3.02. The lowest BCUT2D eigenvalue weighted by molar-refractivity contribution is 0.625. The van der Waals surface area contributed by atoms with Crippen molar-refractivity contribution in [2.24, 2.45) is 0 Å². The van der Waals surface area contributed by atoms with Gasteiger partial charge in [-0.1, -0.05) is 12.1 Å². The van der Waals surface area contributed by atoms with Gasteiger partial charge in [-0.25, -0.2) is 4.39 Å². The standard InChI is InChI=1S/C13H13FN6/c1-2-20(10-6-4-3-5-9(10)14)12-8-7-16-19-11(8)17-13(15)18-12/h3-7H,2H2,1H3,(H3,15,16,17,18,19). The Balaban J connectivity index is 2.22. The van der Waals surface area contributed by atoms with Gasteiger partial charge in [0.2, 0.25) is 5.95 Å². The van der Waals surface area contributed by atoms with Gasteiger partial charge in [-0.2, -0.15) is 15.1 Å². The van der Waals surface area contributed by atoms with E-state index in [0.29, 0.717) is 29.1 Å². The van der Waals surface area contributed by atoms with Crippen molar-refractivity contribution >= 4 is 28.5 Å². The number of rotatable bonds is 3. The summed E-state index contributed by atoms with van der Waals surface area (Å²) in [6, 6.07) is 6.53. The number of fused-ring (bicyclic) bond motifs is 1. The fourth-order valence-electron chi connectivity index (χ4n) is 2.15. The Morgan fingerprint density at radius 1 is 1.30 bits per heavy atom. The van der Waals surface area contributed by atoms with Gasteiger partial charge in [-0.3, -0.25) is 5.10 Å². The number of anilines is 3. The van der Waals surface area contributed by atoms with Gasteiger partial charge in [0.15, 0.2) is 5.65 Å². The van der Waals surface area contributed by atoms with Crippen LogP contribution in [-0.2, 0) is 0 Å². The normalized spacial score (nSPS) is 10.9. The van der Waals surface area contributed by atoms with E-state index in [9.17, 15) is 4.39 Å². The van der Waals surface area contributed by atoms with Crippen molar-refractivity contribution in [1.82, 2.24) is 20.2 Å². The first kappa shape index (κ1) is 12.3.